The van der Waals surface area contributed by atoms with Gasteiger partial charge < -0.3 is 10.2 Å². The number of anilines is 2. The molecule has 1 aliphatic rings. The van der Waals surface area contributed by atoms with Gasteiger partial charge in [0.25, 0.3) is 5.91 Å². The van der Waals surface area contributed by atoms with Crippen LogP contribution in [0, 0.1) is 0 Å². The van der Waals surface area contributed by atoms with Crippen molar-refractivity contribution in [3.05, 3.63) is 89.2 Å². The van der Waals surface area contributed by atoms with Gasteiger partial charge in [0.1, 0.15) is 0 Å². The molecule has 1 N–H and O–H groups in total. The number of benzene rings is 2. The molecular formula is C23H23N3O. The molecule has 4 nitrogen and oxygen atoms in total. The number of pyridine rings is 1. The molecule has 0 radical (unpaired) electrons. The van der Waals surface area contributed by atoms with Crippen LogP contribution in [-0.2, 0) is 19.4 Å². The second-order valence-corrected chi connectivity index (χ2v) is 6.88. The largest absolute Gasteiger partial charge is 0.366 e. The van der Waals surface area contributed by atoms with Crippen molar-refractivity contribution in [3.8, 4) is 0 Å². The zero-order valence-electron chi connectivity index (χ0n) is 15.5. The van der Waals surface area contributed by atoms with E-state index in [1.165, 1.54) is 16.7 Å². The number of rotatable bonds is 4. The summed E-state index contributed by atoms with van der Waals surface area (Å²) in [6.45, 7) is 3.90. The summed E-state index contributed by atoms with van der Waals surface area (Å²) in [6.07, 6.45) is 5.45. The fourth-order valence-corrected chi connectivity index (χ4v) is 3.47. The number of carbonyl (C=O) groups is 1. The number of hydrogen-bond donors (Lipinski definition) is 1. The minimum Gasteiger partial charge on any atom is -0.366 e. The molecule has 4 rings (SSSR count). The Kier molecular flexibility index (Phi) is 4.88. The lowest BCUT2D eigenvalue weighted by Crippen LogP contribution is -2.30. The molecule has 136 valence electrons. The molecule has 3 aromatic rings. The Bertz CT molecular complexity index is 950. The lowest BCUT2D eigenvalue weighted by atomic mass is 9.99. The maximum absolute atomic E-state index is 12.6. The first-order valence-corrected chi connectivity index (χ1v) is 9.40. The van der Waals surface area contributed by atoms with Gasteiger partial charge in [-0.3, -0.25) is 9.78 Å². The third-order valence-electron chi connectivity index (χ3n) is 5.10. The van der Waals surface area contributed by atoms with E-state index in [1.54, 1.807) is 6.20 Å². The predicted octanol–water partition coefficient (Wildman–Crippen LogP) is 4.46. The maximum atomic E-state index is 12.6. The first-order chi connectivity index (χ1) is 13.2. The second-order valence-electron chi connectivity index (χ2n) is 6.88. The Morgan fingerprint density at radius 1 is 1.07 bits per heavy atom. The average Bonchev–Trinajstić information content (AvgIpc) is 2.74. The average molecular weight is 357 g/mol. The van der Waals surface area contributed by atoms with Gasteiger partial charge in [0.05, 0.1) is 17.4 Å². The highest BCUT2D eigenvalue weighted by atomic mass is 16.1. The molecule has 1 amide bonds. The maximum Gasteiger partial charge on any atom is 0.257 e. The van der Waals surface area contributed by atoms with Crippen molar-refractivity contribution in [2.24, 2.45) is 0 Å². The van der Waals surface area contributed by atoms with Crippen molar-refractivity contribution in [2.45, 2.75) is 26.3 Å². The van der Waals surface area contributed by atoms with Gasteiger partial charge in [-0.05, 0) is 47.7 Å². The van der Waals surface area contributed by atoms with Crippen LogP contribution in [0.5, 0.6) is 0 Å². The van der Waals surface area contributed by atoms with Crippen molar-refractivity contribution in [2.75, 3.05) is 16.8 Å². The van der Waals surface area contributed by atoms with E-state index in [0.717, 1.165) is 37.3 Å². The lowest BCUT2D eigenvalue weighted by Gasteiger charge is -2.30. The molecule has 4 heteroatoms. The molecule has 0 saturated carbocycles. The molecule has 27 heavy (non-hydrogen) atoms. The Balaban J connectivity index is 1.49. The third kappa shape index (κ3) is 3.85. The van der Waals surface area contributed by atoms with Crippen LogP contribution in [0.2, 0.25) is 0 Å². The smallest absolute Gasteiger partial charge is 0.257 e. The van der Waals surface area contributed by atoms with E-state index in [4.69, 9.17) is 0 Å². The number of fused-ring (bicyclic) bond motifs is 1. The van der Waals surface area contributed by atoms with E-state index in [1.807, 2.05) is 36.5 Å². The topological polar surface area (TPSA) is 45.2 Å². The number of aromatic nitrogens is 1. The Hall–Kier alpha value is -3.14. The van der Waals surface area contributed by atoms with E-state index in [-0.39, 0.29) is 5.91 Å². The molecule has 1 aromatic heterocycles. The van der Waals surface area contributed by atoms with E-state index < -0.39 is 0 Å². The van der Waals surface area contributed by atoms with Crippen molar-refractivity contribution >= 4 is 17.3 Å². The van der Waals surface area contributed by atoms with Crippen LogP contribution in [0.25, 0.3) is 0 Å². The summed E-state index contributed by atoms with van der Waals surface area (Å²) >= 11 is 0. The summed E-state index contributed by atoms with van der Waals surface area (Å²) in [5, 5.41) is 2.96. The summed E-state index contributed by atoms with van der Waals surface area (Å²) in [6, 6.07) is 18.4. The van der Waals surface area contributed by atoms with Crippen LogP contribution in [0.4, 0.5) is 11.4 Å². The van der Waals surface area contributed by atoms with Crippen LogP contribution < -0.4 is 10.2 Å². The first-order valence-electron chi connectivity index (χ1n) is 9.40. The molecule has 0 atom stereocenters. The predicted molar refractivity (Wildman–Crippen MR) is 109 cm³/mol. The molecule has 0 saturated heterocycles. The highest BCUT2D eigenvalue weighted by molar-refractivity contribution is 6.04. The van der Waals surface area contributed by atoms with Crippen LogP contribution in [0.15, 0.2) is 67.0 Å². The second kappa shape index (κ2) is 7.62. The van der Waals surface area contributed by atoms with Crippen molar-refractivity contribution in [3.63, 3.8) is 0 Å². The van der Waals surface area contributed by atoms with Gasteiger partial charge in [0.2, 0.25) is 0 Å². The number of hydrogen-bond acceptors (Lipinski definition) is 3. The van der Waals surface area contributed by atoms with Crippen molar-refractivity contribution in [1.82, 2.24) is 4.98 Å². The SMILES string of the molecule is CCc1ccc(NC(=O)c2cncc(N3CCc4ccccc4C3)c2)cc1. The highest BCUT2D eigenvalue weighted by Crippen LogP contribution is 2.24. The number of carbonyl (C=O) groups excluding carboxylic acids is 1. The van der Waals surface area contributed by atoms with E-state index in [2.05, 4.69) is 46.4 Å². The third-order valence-corrected chi connectivity index (χ3v) is 5.10. The minimum absolute atomic E-state index is 0.133. The molecule has 1 aliphatic heterocycles. The van der Waals surface area contributed by atoms with Gasteiger partial charge in [-0.15, -0.1) is 0 Å². The van der Waals surface area contributed by atoms with E-state index >= 15 is 0 Å². The molecule has 0 spiro atoms. The number of nitrogens with zero attached hydrogens (tertiary/aromatic N) is 2. The summed E-state index contributed by atoms with van der Waals surface area (Å²) in [4.78, 5) is 19.2. The van der Waals surface area contributed by atoms with E-state index in [0.29, 0.717) is 5.56 Å². The summed E-state index contributed by atoms with van der Waals surface area (Å²) in [7, 11) is 0. The van der Waals surface area contributed by atoms with Crippen LogP contribution in [-0.4, -0.2) is 17.4 Å². The van der Waals surface area contributed by atoms with E-state index in [9.17, 15) is 4.79 Å². The van der Waals surface area contributed by atoms with Gasteiger partial charge in [-0.1, -0.05) is 43.3 Å². The summed E-state index contributed by atoms with van der Waals surface area (Å²) < 4.78 is 0. The van der Waals surface area contributed by atoms with Crippen LogP contribution in [0.3, 0.4) is 0 Å². The lowest BCUT2D eigenvalue weighted by molar-refractivity contribution is 0.102. The molecule has 2 heterocycles. The van der Waals surface area contributed by atoms with Gasteiger partial charge in [-0.2, -0.15) is 0 Å². The number of aryl methyl sites for hydroxylation is 1. The summed E-state index contributed by atoms with van der Waals surface area (Å²) in [5.74, 6) is -0.133. The number of amides is 1. The molecule has 0 unspecified atom stereocenters. The minimum atomic E-state index is -0.133. The zero-order valence-corrected chi connectivity index (χ0v) is 15.5. The zero-order chi connectivity index (χ0) is 18.6. The van der Waals surface area contributed by atoms with Gasteiger partial charge in [-0.25, -0.2) is 0 Å². The molecule has 2 aromatic carbocycles. The fraction of sp³-hybridized carbons (Fsp3) is 0.217. The quantitative estimate of drug-likeness (QED) is 0.750. The Morgan fingerprint density at radius 3 is 2.63 bits per heavy atom. The fourth-order valence-electron chi connectivity index (χ4n) is 3.47. The molecule has 0 bridgehead atoms. The van der Waals surface area contributed by atoms with Crippen LogP contribution in [0.1, 0.15) is 34.0 Å². The van der Waals surface area contributed by atoms with Crippen molar-refractivity contribution in [1.29, 1.82) is 0 Å². The van der Waals surface area contributed by atoms with Crippen molar-refractivity contribution < 1.29 is 4.79 Å². The molecular weight excluding hydrogens is 334 g/mol. The normalized spacial score (nSPS) is 13.1. The van der Waals surface area contributed by atoms with Gasteiger partial charge in [0.15, 0.2) is 0 Å². The Morgan fingerprint density at radius 2 is 1.85 bits per heavy atom. The monoisotopic (exact) mass is 357 g/mol. The van der Waals surface area contributed by atoms with Crippen LogP contribution >= 0.6 is 0 Å². The molecule has 0 fully saturated rings. The standard InChI is InChI=1S/C23H23N3O/c1-2-17-7-9-21(10-8-17)25-23(27)20-13-22(15-24-14-20)26-12-11-18-5-3-4-6-19(18)16-26/h3-10,13-15H,2,11-12,16H2,1H3,(H,25,27). The summed E-state index contributed by atoms with van der Waals surface area (Å²) in [5.41, 5.74) is 6.36. The first kappa shape index (κ1) is 17.3. The highest BCUT2D eigenvalue weighted by Gasteiger charge is 2.17. The molecule has 0 aliphatic carbocycles. The number of nitrogens with one attached hydrogen (secondary N) is 1. The van der Waals surface area contributed by atoms with Gasteiger partial charge in [0, 0.05) is 25.0 Å². The Labute approximate surface area is 159 Å². The van der Waals surface area contributed by atoms with Gasteiger partial charge >= 0.3 is 0 Å².